The molecule has 0 bridgehead atoms. The lowest BCUT2D eigenvalue weighted by molar-refractivity contribution is -0.119. The van der Waals surface area contributed by atoms with Crippen LogP contribution < -0.4 is 20.9 Å². The quantitative estimate of drug-likeness (QED) is 0.725. The number of amides is 2. The first-order valence-corrected chi connectivity index (χ1v) is 9.73. The van der Waals surface area contributed by atoms with E-state index in [0.717, 1.165) is 12.8 Å². The van der Waals surface area contributed by atoms with Crippen LogP contribution in [0.15, 0.2) is 18.2 Å². The van der Waals surface area contributed by atoms with Crippen LogP contribution in [0.2, 0.25) is 0 Å². The van der Waals surface area contributed by atoms with Crippen molar-refractivity contribution in [1.82, 2.24) is 25.5 Å². The van der Waals surface area contributed by atoms with E-state index in [9.17, 15) is 14.0 Å². The van der Waals surface area contributed by atoms with E-state index < -0.39 is 18.0 Å². The van der Waals surface area contributed by atoms with E-state index in [-0.39, 0.29) is 31.0 Å². The molecule has 2 aliphatic rings. The molecule has 2 saturated heterocycles. The molecule has 2 fully saturated rings. The second-order valence-corrected chi connectivity index (χ2v) is 7.38. The van der Waals surface area contributed by atoms with Crippen LogP contribution in [0.25, 0.3) is 0 Å². The van der Waals surface area contributed by atoms with Crippen LogP contribution >= 0.6 is 0 Å². The van der Waals surface area contributed by atoms with Gasteiger partial charge in [0.25, 0.3) is 5.95 Å². The number of carbonyl (C=O) groups is 2. The molecular weight excluding hydrogens is 395 g/mol. The van der Waals surface area contributed by atoms with Crippen LogP contribution in [0.3, 0.4) is 0 Å². The minimum atomic E-state index is -0.557. The summed E-state index contributed by atoms with van der Waals surface area (Å²) in [6, 6.07) is 4.79. The van der Waals surface area contributed by atoms with Crippen LogP contribution in [0.4, 0.5) is 26.5 Å². The van der Waals surface area contributed by atoms with Gasteiger partial charge in [-0.15, -0.1) is 5.10 Å². The van der Waals surface area contributed by atoms with Gasteiger partial charge in [0.15, 0.2) is 0 Å². The highest BCUT2D eigenvalue weighted by Crippen LogP contribution is 2.31. The number of cyclic esters (lactones) is 1. The van der Waals surface area contributed by atoms with Gasteiger partial charge in [-0.05, 0) is 36.3 Å². The Bertz CT molecular complexity index is 943. The predicted molar refractivity (Wildman–Crippen MR) is 105 cm³/mol. The molecule has 1 atom stereocenters. The number of halogens is 1. The molecule has 3 heterocycles. The van der Waals surface area contributed by atoms with Gasteiger partial charge < -0.3 is 20.7 Å². The third-order valence-electron chi connectivity index (χ3n) is 5.27. The molecule has 0 radical (unpaired) electrons. The van der Waals surface area contributed by atoms with E-state index in [0.29, 0.717) is 24.5 Å². The lowest BCUT2D eigenvalue weighted by atomic mass is 10.0. The van der Waals surface area contributed by atoms with Crippen LogP contribution in [0.5, 0.6) is 0 Å². The van der Waals surface area contributed by atoms with Gasteiger partial charge >= 0.3 is 6.09 Å². The minimum absolute atomic E-state index is 0.0771. The molecule has 1 aromatic carbocycles. The number of aromatic nitrogens is 4. The molecule has 160 valence electrons. The summed E-state index contributed by atoms with van der Waals surface area (Å²) >= 11 is 0. The van der Waals surface area contributed by atoms with E-state index in [4.69, 9.17) is 10.5 Å². The molecule has 4 rings (SSSR count). The first-order valence-electron chi connectivity index (χ1n) is 9.73. The number of nitrogen functional groups attached to an aromatic ring is 1. The fraction of sp³-hybridized carbons (Fsp3) is 0.500. The molecule has 1 aromatic heterocycles. The fourth-order valence-electron chi connectivity index (χ4n) is 3.75. The number of nitrogens with two attached hydrogens (primary N) is 1. The van der Waals surface area contributed by atoms with E-state index in [2.05, 4.69) is 20.7 Å². The SMILES string of the molecule is CC(=O)NCC1CN(c2ccc(N3CCC(n4nnc(N)n4)CC3)c(F)c2)C(=O)O1. The Labute approximate surface area is 171 Å². The molecule has 0 spiro atoms. The van der Waals surface area contributed by atoms with Crippen molar-refractivity contribution in [2.45, 2.75) is 31.9 Å². The minimum Gasteiger partial charge on any atom is -0.442 e. The van der Waals surface area contributed by atoms with E-state index in [1.54, 1.807) is 12.1 Å². The number of benzene rings is 1. The van der Waals surface area contributed by atoms with Gasteiger partial charge in [-0.2, -0.15) is 4.80 Å². The van der Waals surface area contributed by atoms with Gasteiger partial charge in [-0.3, -0.25) is 9.69 Å². The molecule has 12 heteroatoms. The summed E-state index contributed by atoms with van der Waals surface area (Å²) in [5.74, 6) is -0.474. The zero-order valence-corrected chi connectivity index (χ0v) is 16.5. The standard InChI is InChI=1S/C18H23FN8O3/c1-11(28)21-9-14-10-26(18(29)30-14)13-2-3-16(15(19)8-13)25-6-4-12(5-7-25)27-23-17(20)22-24-27/h2-3,8,12,14H,4-7,9-10H2,1H3,(H2,20,23)(H,21,28). The fourth-order valence-corrected chi connectivity index (χ4v) is 3.75. The number of anilines is 3. The monoisotopic (exact) mass is 418 g/mol. The molecule has 0 saturated carbocycles. The maximum Gasteiger partial charge on any atom is 0.414 e. The Morgan fingerprint density at radius 1 is 1.37 bits per heavy atom. The second kappa shape index (κ2) is 8.13. The van der Waals surface area contributed by atoms with Crippen LogP contribution in [-0.2, 0) is 9.53 Å². The Morgan fingerprint density at radius 3 is 2.77 bits per heavy atom. The maximum atomic E-state index is 14.9. The molecule has 30 heavy (non-hydrogen) atoms. The van der Waals surface area contributed by atoms with Gasteiger partial charge in [0.1, 0.15) is 11.9 Å². The lowest BCUT2D eigenvalue weighted by Gasteiger charge is -2.33. The number of nitrogens with one attached hydrogen (secondary N) is 1. The Hall–Kier alpha value is -3.44. The maximum absolute atomic E-state index is 14.9. The third kappa shape index (κ3) is 4.11. The van der Waals surface area contributed by atoms with Gasteiger partial charge in [-0.25, -0.2) is 9.18 Å². The van der Waals surface area contributed by atoms with Crippen molar-refractivity contribution in [1.29, 1.82) is 0 Å². The topological polar surface area (TPSA) is 132 Å². The number of nitrogens with zero attached hydrogens (tertiary/aromatic N) is 6. The highest BCUT2D eigenvalue weighted by molar-refractivity contribution is 5.90. The van der Waals surface area contributed by atoms with Crippen molar-refractivity contribution in [2.24, 2.45) is 0 Å². The highest BCUT2D eigenvalue weighted by Gasteiger charge is 2.33. The largest absolute Gasteiger partial charge is 0.442 e. The molecule has 2 amide bonds. The van der Waals surface area contributed by atoms with Crippen LogP contribution in [0.1, 0.15) is 25.8 Å². The average molecular weight is 418 g/mol. The number of rotatable bonds is 5. The molecule has 1 unspecified atom stereocenters. The normalized spacial score (nSPS) is 19.8. The first-order chi connectivity index (χ1) is 14.4. The van der Waals surface area contributed by atoms with Gasteiger partial charge in [0.2, 0.25) is 5.91 Å². The molecular formula is C18H23FN8O3. The zero-order chi connectivity index (χ0) is 21.3. The zero-order valence-electron chi connectivity index (χ0n) is 16.5. The lowest BCUT2D eigenvalue weighted by Crippen LogP contribution is -2.36. The number of hydrogen-bond donors (Lipinski definition) is 2. The molecule has 11 nitrogen and oxygen atoms in total. The van der Waals surface area contributed by atoms with Crippen molar-refractivity contribution in [3.63, 3.8) is 0 Å². The molecule has 0 aliphatic carbocycles. The van der Waals surface area contributed by atoms with E-state index in [1.165, 1.54) is 22.7 Å². The molecule has 2 aliphatic heterocycles. The average Bonchev–Trinajstić information content (AvgIpc) is 3.32. The summed E-state index contributed by atoms with van der Waals surface area (Å²) in [7, 11) is 0. The number of piperidine rings is 1. The molecule has 3 N–H and O–H groups in total. The highest BCUT2D eigenvalue weighted by atomic mass is 19.1. The Balaban J connectivity index is 1.39. The third-order valence-corrected chi connectivity index (χ3v) is 5.27. The summed E-state index contributed by atoms with van der Waals surface area (Å²) < 4.78 is 20.1. The van der Waals surface area contributed by atoms with Crippen molar-refractivity contribution in [2.75, 3.05) is 41.7 Å². The van der Waals surface area contributed by atoms with Crippen molar-refractivity contribution < 1.29 is 18.7 Å². The summed E-state index contributed by atoms with van der Waals surface area (Å²) in [5.41, 5.74) is 6.41. The van der Waals surface area contributed by atoms with Gasteiger partial charge in [0.05, 0.1) is 30.5 Å². The van der Waals surface area contributed by atoms with Crippen molar-refractivity contribution in [3.8, 4) is 0 Å². The van der Waals surface area contributed by atoms with Gasteiger partial charge in [-0.1, -0.05) is 5.10 Å². The van der Waals surface area contributed by atoms with Gasteiger partial charge in [0, 0.05) is 20.0 Å². The summed E-state index contributed by atoms with van der Waals surface area (Å²) in [5, 5.41) is 14.3. The molecule has 2 aromatic rings. The summed E-state index contributed by atoms with van der Waals surface area (Å²) in [4.78, 5) is 28.0. The van der Waals surface area contributed by atoms with Crippen LogP contribution in [-0.4, -0.2) is 64.5 Å². The Kier molecular flexibility index (Phi) is 5.38. The first kappa shape index (κ1) is 19.9. The number of ether oxygens (including phenoxy) is 1. The number of hydrogen-bond acceptors (Lipinski definition) is 8. The van der Waals surface area contributed by atoms with E-state index in [1.807, 2.05) is 4.90 Å². The Morgan fingerprint density at radius 2 is 2.13 bits per heavy atom. The second-order valence-electron chi connectivity index (χ2n) is 7.38. The smallest absolute Gasteiger partial charge is 0.414 e. The predicted octanol–water partition coefficient (Wildman–Crippen LogP) is 0.697. The summed E-state index contributed by atoms with van der Waals surface area (Å²) in [6.07, 6.45) is 0.445. The summed E-state index contributed by atoms with van der Waals surface area (Å²) in [6.45, 7) is 3.12. The van der Waals surface area contributed by atoms with Crippen molar-refractivity contribution >= 4 is 29.3 Å². The number of carbonyl (C=O) groups excluding carboxylic acids is 2. The number of tetrazole rings is 1. The van der Waals surface area contributed by atoms with E-state index >= 15 is 0 Å². The van der Waals surface area contributed by atoms with Crippen LogP contribution in [0, 0.1) is 5.82 Å². The van der Waals surface area contributed by atoms with Crippen molar-refractivity contribution in [3.05, 3.63) is 24.0 Å².